The Morgan fingerprint density at radius 2 is 2.00 bits per heavy atom. The number of fused-ring (bicyclic) bond motifs is 2. The SMILES string of the molecule is CSS[C@@]12C[C@](C)(C#N)[C@H](c3ccc4c(c3)OCO4)N1C(=O)C(C)N(C)C2=O. The average molecular weight is 420 g/mol. The number of carbonyl (C=O) groups excluding carboxylic acids is 2. The van der Waals surface area contributed by atoms with E-state index in [1.54, 1.807) is 24.9 Å². The summed E-state index contributed by atoms with van der Waals surface area (Å²) in [5.41, 5.74) is -0.151. The van der Waals surface area contributed by atoms with E-state index in [-0.39, 0.29) is 25.0 Å². The molecule has 7 nitrogen and oxygen atoms in total. The van der Waals surface area contributed by atoms with E-state index in [4.69, 9.17) is 9.47 Å². The second-order valence-electron chi connectivity index (χ2n) is 7.56. The Kier molecular flexibility index (Phi) is 4.47. The van der Waals surface area contributed by atoms with Crippen LogP contribution in [0.25, 0.3) is 0 Å². The van der Waals surface area contributed by atoms with Gasteiger partial charge in [0.05, 0.1) is 17.5 Å². The second kappa shape index (κ2) is 6.49. The Balaban J connectivity index is 1.91. The highest BCUT2D eigenvalue weighted by atomic mass is 33.1. The molecule has 2 fully saturated rings. The highest BCUT2D eigenvalue weighted by Crippen LogP contribution is 2.62. The summed E-state index contributed by atoms with van der Waals surface area (Å²) in [5.74, 6) is 0.946. The molecule has 2 amide bonds. The molecule has 2 saturated heterocycles. The van der Waals surface area contributed by atoms with Crippen LogP contribution in [0, 0.1) is 16.7 Å². The normalized spacial score (nSPS) is 33.8. The third-order valence-electron chi connectivity index (χ3n) is 5.88. The van der Waals surface area contributed by atoms with E-state index in [1.165, 1.54) is 26.5 Å². The van der Waals surface area contributed by atoms with Crippen molar-refractivity contribution < 1.29 is 19.1 Å². The van der Waals surface area contributed by atoms with Crippen molar-refractivity contribution in [2.24, 2.45) is 5.41 Å². The van der Waals surface area contributed by atoms with Crippen molar-refractivity contribution in [1.82, 2.24) is 9.80 Å². The molecule has 0 spiro atoms. The third kappa shape index (κ3) is 2.44. The minimum atomic E-state index is -1.11. The fraction of sp³-hybridized carbons (Fsp3) is 0.526. The van der Waals surface area contributed by atoms with E-state index in [0.717, 1.165) is 5.56 Å². The van der Waals surface area contributed by atoms with Gasteiger partial charge in [0, 0.05) is 13.5 Å². The Morgan fingerprint density at radius 1 is 1.29 bits per heavy atom. The molecule has 0 N–H and O–H groups in total. The number of ether oxygens (including phenoxy) is 2. The van der Waals surface area contributed by atoms with Crippen molar-refractivity contribution in [3.05, 3.63) is 23.8 Å². The van der Waals surface area contributed by atoms with Gasteiger partial charge in [0.1, 0.15) is 6.04 Å². The van der Waals surface area contributed by atoms with Gasteiger partial charge in [0.2, 0.25) is 12.7 Å². The summed E-state index contributed by atoms with van der Waals surface area (Å²) in [6, 6.07) is 6.74. The van der Waals surface area contributed by atoms with Crippen molar-refractivity contribution in [2.75, 3.05) is 20.1 Å². The van der Waals surface area contributed by atoms with Gasteiger partial charge in [-0.25, -0.2) is 0 Å². The smallest absolute Gasteiger partial charge is 0.260 e. The first kappa shape index (κ1) is 19.3. The minimum absolute atomic E-state index is 0.135. The summed E-state index contributed by atoms with van der Waals surface area (Å²) in [4.78, 5) is 28.8. The summed E-state index contributed by atoms with van der Waals surface area (Å²) in [6.45, 7) is 3.70. The van der Waals surface area contributed by atoms with Crippen LogP contribution in [0.3, 0.4) is 0 Å². The summed E-state index contributed by atoms with van der Waals surface area (Å²) in [6.07, 6.45) is 2.15. The van der Waals surface area contributed by atoms with E-state index in [2.05, 4.69) is 6.07 Å². The van der Waals surface area contributed by atoms with Gasteiger partial charge in [-0.15, -0.1) is 0 Å². The quantitative estimate of drug-likeness (QED) is 0.697. The number of nitriles is 1. The fourth-order valence-corrected chi connectivity index (χ4v) is 7.00. The zero-order valence-corrected chi connectivity index (χ0v) is 17.7. The zero-order chi connectivity index (χ0) is 20.3. The molecule has 1 unspecified atom stereocenters. The number of benzene rings is 1. The monoisotopic (exact) mass is 419 g/mol. The van der Waals surface area contributed by atoms with Gasteiger partial charge in [0.25, 0.3) is 5.91 Å². The third-order valence-corrected chi connectivity index (χ3v) is 8.16. The summed E-state index contributed by atoms with van der Waals surface area (Å²) in [7, 11) is 4.44. The van der Waals surface area contributed by atoms with E-state index in [9.17, 15) is 14.9 Å². The summed E-state index contributed by atoms with van der Waals surface area (Å²) in [5, 5.41) is 10.1. The molecular formula is C19H21N3O4S2. The van der Waals surface area contributed by atoms with Crippen LogP contribution >= 0.6 is 21.6 Å². The lowest BCUT2D eigenvalue weighted by Crippen LogP contribution is -2.66. The van der Waals surface area contributed by atoms with Gasteiger partial charge in [-0.05, 0) is 37.8 Å². The molecule has 148 valence electrons. The molecule has 0 aliphatic carbocycles. The average Bonchev–Trinajstić information content (AvgIpc) is 3.25. The van der Waals surface area contributed by atoms with E-state index in [1.807, 2.05) is 25.3 Å². The van der Waals surface area contributed by atoms with Crippen LogP contribution in [0.5, 0.6) is 11.5 Å². The number of rotatable bonds is 3. The van der Waals surface area contributed by atoms with Crippen molar-refractivity contribution >= 4 is 33.4 Å². The molecule has 28 heavy (non-hydrogen) atoms. The predicted molar refractivity (Wildman–Crippen MR) is 107 cm³/mol. The molecule has 3 aliphatic rings. The summed E-state index contributed by atoms with van der Waals surface area (Å²) < 4.78 is 10.9. The fourth-order valence-electron chi connectivity index (χ4n) is 4.42. The highest BCUT2D eigenvalue weighted by molar-refractivity contribution is 8.77. The topological polar surface area (TPSA) is 82.9 Å². The largest absolute Gasteiger partial charge is 0.454 e. The number of piperazine rings is 1. The van der Waals surface area contributed by atoms with E-state index >= 15 is 0 Å². The number of hydrogen-bond donors (Lipinski definition) is 0. The Labute approximate surface area is 171 Å². The van der Waals surface area contributed by atoms with Crippen molar-refractivity contribution in [1.29, 1.82) is 5.26 Å². The van der Waals surface area contributed by atoms with Gasteiger partial charge >= 0.3 is 0 Å². The lowest BCUT2D eigenvalue weighted by molar-refractivity contribution is -0.161. The number of likely N-dealkylation sites (N-methyl/N-ethyl adjacent to an activating group) is 1. The van der Waals surface area contributed by atoms with Crippen molar-refractivity contribution in [3.63, 3.8) is 0 Å². The van der Waals surface area contributed by atoms with Crippen LogP contribution in [0.4, 0.5) is 0 Å². The van der Waals surface area contributed by atoms with E-state index < -0.39 is 22.4 Å². The van der Waals surface area contributed by atoms with Gasteiger partial charge in [0.15, 0.2) is 16.4 Å². The first-order chi connectivity index (χ1) is 13.3. The van der Waals surface area contributed by atoms with Crippen molar-refractivity contribution in [3.8, 4) is 17.6 Å². The van der Waals surface area contributed by atoms with Gasteiger partial charge in [-0.2, -0.15) is 5.26 Å². The molecule has 4 rings (SSSR count). The molecule has 3 heterocycles. The Bertz CT molecular complexity index is 904. The molecule has 0 radical (unpaired) electrons. The van der Waals surface area contributed by atoms with Gasteiger partial charge in [-0.1, -0.05) is 27.7 Å². The molecule has 0 saturated carbocycles. The second-order valence-corrected chi connectivity index (χ2v) is 10.2. The van der Waals surface area contributed by atoms with Gasteiger partial charge < -0.3 is 19.3 Å². The molecule has 0 bridgehead atoms. The van der Waals surface area contributed by atoms with Gasteiger partial charge in [-0.3, -0.25) is 9.59 Å². The van der Waals surface area contributed by atoms with Crippen LogP contribution in [-0.2, 0) is 9.59 Å². The lowest BCUT2D eigenvalue weighted by atomic mass is 9.79. The molecular weight excluding hydrogens is 398 g/mol. The summed E-state index contributed by atoms with van der Waals surface area (Å²) >= 11 is 0. The number of hydrogen-bond acceptors (Lipinski definition) is 7. The molecule has 0 aromatic heterocycles. The van der Waals surface area contributed by atoms with Crippen LogP contribution in [0.1, 0.15) is 31.9 Å². The predicted octanol–water partition coefficient (Wildman–Crippen LogP) is 2.79. The standard InChI is InChI=1S/C19H21N3O4S2/c1-11-16(23)22-15(12-5-6-13-14(7-12)26-10-25-13)18(2,9-20)8-19(22,28-27-4)17(24)21(11)3/h5-7,11,15H,8,10H2,1-4H3/t11?,15-,18+,19+/m0/s1. The first-order valence-corrected chi connectivity index (χ1v) is 11.5. The molecule has 1 aromatic rings. The highest BCUT2D eigenvalue weighted by Gasteiger charge is 2.68. The maximum absolute atomic E-state index is 13.4. The minimum Gasteiger partial charge on any atom is -0.454 e. The van der Waals surface area contributed by atoms with Crippen LogP contribution in [-0.4, -0.2) is 52.6 Å². The van der Waals surface area contributed by atoms with Crippen LogP contribution in [0.2, 0.25) is 0 Å². The number of nitrogens with zero attached hydrogens (tertiary/aromatic N) is 3. The number of amides is 2. The molecule has 9 heteroatoms. The van der Waals surface area contributed by atoms with Crippen LogP contribution in [0.15, 0.2) is 18.2 Å². The maximum Gasteiger partial charge on any atom is 0.260 e. The van der Waals surface area contributed by atoms with E-state index in [0.29, 0.717) is 11.5 Å². The van der Waals surface area contributed by atoms with Crippen LogP contribution < -0.4 is 9.47 Å². The molecule has 1 aromatic carbocycles. The zero-order valence-electron chi connectivity index (χ0n) is 16.1. The maximum atomic E-state index is 13.4. The Morgan fingerprint density at radius 3 is 2.68 bits per heavy atom. The van der Waals surface area contributed by atoms with Crippen molar-refractivity contribution in [2.45, 2.75) is 37.2 Å². The first-order valence-electron chi connectivity index (χ1n) is 8.92. The molecule has 3 aliphatic heterocycles. The number of carbonyl (C=O) groups is 2. The Hall–Kier alpha value is -2.05. The molecule has 4 atom stereocenters. The lowest BCUT2D eigenvalue weighted by Gasteiger charge is -2.48.